The summed E-state index contributed by atoms with van der Waals surface area (Å²) in [5.41, 5.74) is 1.90. The molecule has 0 saturated carbocycles. The maximum atomic E-state index is 13.7. The van der Waals surface area contributed by atoms with Crippen LogP contribution < -0.4 is 10.1 Å². The lowest BCUT2D eigenvalue weighted by Crippen LogP contribution is -2.08. The van der Waals surface area contributed by atoms with Crippen molar-refractivity contribution in [3.8, 4) is 11.6 Å². The van der Waals surface area contributed by atoms with E-state index < -0.39 is 11.8 Å². The Labute approximate surface area is 176 Å². The van der Waals surface area contributed by atoms with Crippen molar-refractivity contribution in [2.75, 3.05) is 12.4 Å². The summed E-state index contributed by atoms with van der Waals surface area (Å²) in [5, 5.41) is 7.31. The second-order valence-corrected chi connectivity index (χ2v) is 6.86. The van der Waals surface area contributed by atoms with Crippen LogP contribution >= 0.6 is 0 Å². The van der Waals surface area contributed by atoms with Gasteiger partial charge >= 0.3 is 5.97 Å². The normalized spacial score (nSPS) is 11.0. The SMILES string of the molecule is COC(=O)c1cnn(-c2ccc3ncnc(Nc4ccc(F)cc4OC(C)C)c3n2)c1. The third-order valence-electron chi connectivity index (χ3n) is 4.27. The van der Waals surface area contributed by atoms with Gasteiger partial charge in [-0.15, -0.1) is 0 Å². The lowest BCUT2D eigenvalue weighted by atomic mass is 10.2. The summed E-state index contributed by atoms with van der Waals surface area (Å²) < 4.78 is 25.6. The van der Waals surface area contributed by atoms with E-state index in [0.717, 1.165) is 0 Å². The van der Waals surface area contributed by atoms with E-state index in [1.807, 2.05) is 13.8 Å². The van der Waals surface area contributed by atoms with Crippen LogP contribution in [0.5, 0.6) is 5.75 Å². The molecule has 10 heteroatoms. The number of carbonyl (C=O) groups excluding carboxylic acids is 1. The summed E-state index contributed by atoms with van der Waals surface area (Å²) in [4.78, 5) is 24.8. The molecule has 4 rings (SSSR count). The molecule has 0 radical (unpaired) electrons. The largest absolute Gasteiger partial charge is 0.489 e. The fourth-order valence-electron chi connectivity index (χ4n) is 2.90. The van der Waals surface area contributed by atoms with Gasteiger partial charge in [-0.3, -0.25) is 0 Å². The van der Waals surface area contributed by atoms with Crippen LogP contribution in [0, 0.1) is 5.82 Å². The maximum absolute atomic E-state index is 13.7. The average Bonchev–Trinajstić information content (AvgIpc) is 3.25. The molecule has 1 aromatic carbocycles. The zero-order chi connectivity index (χ0) is 22.0. The molecule has 0 aliphatic carbocycles. The standard InChI is InChI=1S/C21H19FN6O3/c1-12(2)31-17-8-14(22)4-5-15(17)26-20-19-16(23-11-24-20)6-7-18(27-19)28-10-13(9-25-28)21(29)30-3/h4-12H,1-3H3,(H,23,24,26). The van der Waals surface area contributed by atoms with Gasteiger partial charge in [-0.1, -0.05) is 0 Å². The molecule has 0 atom stereocenters. The zero-order valence-electron chi connectivity index (χ0n) is 17.0. The number of hydrogen-bond donors (Lipinski definition) is 1. The Kier molecular flexibility index (Phi) is 5.44. The number of fused-ring (bicyclic) bond motifs is 1. The fourth-order valence-corrected chi connectivity index (χ4v) is 2.90. The number of pyridine rings is 1. The van der Waals surface area contributed by atoms with E-state index in [1.165, 1.54) is 42.6 Å². The van der Waals surface area contributed by atoms with Crippen LogP contribution in [0.3, 0.4) is 0 Å². The number of benzene rings is 1. The monoisotopic (exact) mass is 422 g/mol. The quantitative estimate of drug-likeness (QED) is 0.470. The van der Waals surface area contributed by atoms with Gasteiger partial charge in [-0.25, -0.2) is 28.8 Å². The van der Waals surface area contributed by atoms with E-state index in [0.29, 0.717) is 39.7 Å². The van der Waals surface area contributed by atoms with Crippen LogP contribution in [0.1, 0.15) is 24.2 Å². The predicted octanol–water partition coefficient (Wildman–Crippen LogP) is 3.67. The van der Waals surface area contributed by atoms with E-state index in [9.17, 15) is 9.18 Å². The van der Waals surface area contributed by atoms with E-state index >= 15 is 0 Å². The van der Waals surface area contributed by atoms with Gasteiger partial charge < -0.3 is 14.8 Å². The Morgan fingerprint density at radius 1 is 1.19 bits per heavy atom. The van der Waals surface area contributed by atoms with Gasteiger partial charge in [0.05, 0.1) is 36.2 Å². The third-order valence-corrected chi connectivity index (χ3v) is 4.27. The first-order valence-electron chi connectivity index (χ1n) is 9.43. The fraction of sp³-hybridized carbons (Fsp3) is 0.190. The number of nitrogens with one attached hydrogen (secondary N) is 1. The Bertz CT molecular complexity index is 1260. The molecule has 0 spiro atoms. The highest BCUT2D eigenvalue weighted by atomic mass is 19.1. The molecule has 0 saturated heterocycles. The molecular formula is C21H19FN6O3. The highest BCUT2D eigenvalue weighted by Crippen LogP contribution is 2.31. The zero-order valence-corrected chi connectivity index (χ0v) is 17.0. The molecule has 0 amide bonds. The molecule has 9 nitrogen and oxygen atoms in total. The molecule has 4 aromatic rings. The number of carbonyl (C=O) groups is 1. The number of anilines is 2. The number of ether oxygens (including phenoxy) is 2. The lowest BCUT2D eigenvalue weighted by Gasteiger charge is -2.16. The molecular weight excluding hydrogens is 403 g/mol. The molecule has 0 unspecified atom stereocenters. The second kappa shape index (κ2) is 8.34. The first-order chi connectivity index (χ1) is 14.9. The minimum Gasteiger partial charge on any atom is -0.489 e. The van der Waals surface area contributed by atoms with Crippen LogP contribution in [0.4, 0.5) is 15.9 Å². The summed E-state index contributed by atoms with van der Waals surface area (Å²) in [6, 6.07) is 7.69. The van der Waals surface area contributed by atoms with Crippen LogP contribution in [0.15, 0.2) is 49.1 Å². The second-order valence-electron chi connectivity index (χ2n) is 6.86. The number of halogens is 1. The van der Waals surface area contributed by atoms with Crippen LogP contribution in [-0.2, 0) is 4.74 Å². The van der Waals surface area contributed by atoms with Crippen molar-refractivity contribution in [3.05, 3.63) is 60.4 Å². The molecule has 1 N–H and O–H groups in total. The smallest absolute Gasteiger partial charge is 0.341 e. The van der Waals surface area contributed by atoms with Crippen molar-refractivity contribution in [2.24, 2.45) is 0 Å². The molecule has 158 valence electrons. The minimum absolute atomic E-state index is 0.141. The molecule has 0 aliphatic heterocycles. The average molecular weight is 422 g/mol. The van der Waals surface area contributed by atoms with Crippen molar-refractivity contribution in [1.29, 1.82) is 0 Å². The number of nitrogens with zero attached hydrogens (tertiary/aromatic N) is 5. The van der Waals surface area contributed by atoms with Gasteiger partial charge in [0, 0.05) is 12.3 Å². The van der Waals surface area contributed by atoms with Crippen molar-refractivity contribution in [1.82, 2.24) is 24.7 Å². The van der Waals surface area contributed by atoms with Crippen LogP contribution in [0.25, 0.3) is 16.9 Å². The van der Waals surface area contributed by atoms with Gasteiger partial charge in [0.25, 0.3) is 0 Å². The van der Waals surface area contributed by atoms with E-state index in [4.69, 9.17) is 9.47 Å². The van der Waals surface area contributed by atoms with Crippen molar-refractivity contribution in [2.45, 2.75) is 20.0 Å². The van der Waals surface area contributed by atoms with Gasteiger partial charge in [-0.2, -0.15) is 5.10 Å². The van der Waals surface area contributed by atoms with E-state index in [1.54, 1.807) is 18.2 Å². The summed E-state index contributed by atoms with van der Waals surface area (Å²) in [6.45, 7) is 3.71. The topological polar surface area (TPSA) is 104 Å². The lowest BCUT2D eigenvalue weighted by molar-refractivity contribution is 0.0600. The van der Waals surface area contributed by atoms with Crippen molar-refractivity contribution < 1.29 is 18.7 Å². The predicted molar refractivity (Wildman–Crippen MR) is 111 cm³/mol. The Morgan fingerprint density at radius 3 is 2.81 bits per heavy atom. The van der Waals surface area contributed by atoms with Gasteiger partial charge in [-0.05, 0) is 38.1 Å². The summed E-state index contributed by atoms with van der Waals surface area (Å²) in [5.74, 6) is 0.319. The van der Waals surface area contributed by atoms with E-state index in [2.05, 4.69) is 25.4 Å². The van der Waals surface area contributed by atoms with Crippen LogP contribution in [0.2, 0.25) is 0 Å². The molecule has 31 heavy (non-hydrogen) atoms. The molecule has 3 aromatic heterocycles. The maximum Gasteiger partial charge on any atom is 0.341 e. The van der Waals surface area contributed by atoms with Gasteiger partial charge in [0.2, 0.25) is 0 Å². The highest BCUT2D eigenvalue weighted by Gasteiger charge is 2.14. The van der Waals surface area contributed by atoms with Crippen molar-refractivity contribution in [3.63, 3.8) is 0 Å². The number of methoxy groups -OCH3 is 1. The Hall–Kier alpha value is -4.08. The number of aromatic nitrogens is 5. The van der Waals surface area contributed by atoms with E-state index in [-0.39, 0.29) is 6.10 Å². The first-order valence-corrected chi connectivity index (χ1v) is 9.43. The summed E-state index contributed by atoms with van der Waals surface area (Å²) in [7, 11) is 1.30. The minimum atomic E-state index is -0.494. The van der Waals surface area contributed by atoms with Gasteiger partial charge in [0.1, 0.15) is 23.4 Å². The van der Waals surface area contributed by atoms with Gasteiger partial charge in [0.15, 0.2) is 11.6 Å². The first kappa shape index (κ1) is 20.2. The van der Waals surface area contributed by atoms with Crippen LogP contribution in [-0.4, -0.2) is 43.9 Å². The van der Waals surface area contributed by atoms with Crippen molar-refractivity contribution >= 4 is 28.5 Å². The molecule has 0 bridgehead atoms. The third kappa shape index (κ3) is 4.27. The summed E-state index contributed by atoms with van der Waals surface area (Å²) in [6.07, 6.45) is 4.18. The number of rotatable bonds is 6. The molecule has 0 aliphatic rings. The Morgan fingerprint density at radius 2 is 2.03 bits per heavy atom. The number of esters is 1. The Balaban J connectivity index is 1.74. The number of hydrogen-bond acceptors (Lipinski definition) is 8. The highest BCUT2D eigenvalue weighted by molar-refractivity contribution is 5.89. The molecule has 3 heterocycles. The molecule has 0 fully saturated rings. The summed E-state index contributed by atoms with van der Waals surface area (Å²) >= 11 is 0.